The van der Waals surface area contributed by atoms with Crippen molar-refractivity contribution >= 4 is 35.0 Å². The van der Waals surface area contributed by atoms with Gasteiger partial charge in [0.05, 0.1) is 5.75 Å². The molecule has 0 saturated carbocycles. The minimum absolute atomic E-state index is 0.0874. The van der Waals surface area contributed by atoms with Crippen molar-refractivity contribution in [2.45, 2.75) is 26.3 Å². The van der Waals surface area contributed by atoms with Crippen LogP contribution in [0.4, 0.5) is 0 Å². The van der Waals surface area contributed by atoms with Crippen LogP contribution in [0.5, 0.6) is 0 Å². The lowest BCUT2D eigenvalue weighted by molar-refractivity contribution is -0.119. The highest BCUT2D eigenvalue weighted by Gasteiger charge is 2.10. The number of amides is 1. The quantitative estimate of drug-likeness (QED) is 0.484. The van der Waals surface area contributed by atoms with E-state index in [2.05, 4.69) is 16.2 Å². The molecule has 0 aliphatic rings. The third kappa shape index (κ3) is 8.12. The van der Waals surface area contributed by atoms with Crippen molar-refractivity contribution in [1.82, 2.24) is 16.2 Å². The van der Waals surface area contributed by atoms with Crippen LogP contribution in [0.15, 0.2) is 0 Å². The average molecular weight is 235 g/mol. The first kappa shape index (κ1) is 13.5. The first-order valence-electron chi connectivity index (χ1n) is 4.21. The van der Waals surface area contributed by atoms with Crippen molar-refractivity contribution in [3.8, 4) is 0 Å². The lowest BCUT2D eigenvalue weighted by atomic mass is 10.1. The maximum absolute atomic E-state index is 11.0. The Balaban J connectivity index is 3.70. The highest BCUT2D eigenvalue weighted by molar-refractivity contribution is 7.99. The molecule has 0 aromatic rings. The lowest BCUT2D eigenvalue weighted by Crippen LogP contribution is -2.52. The predicted molar refractivity (Wildman–Crippen MR) is 65.1 cm³/mol. The van der Waals surface area contributed by atoms with E-state index in [0.717, 1.165) is 0 Å². The Morgan fingerprint density at radius 1 is 1.36 bits per heavy atom. The van der Waals surface area contributed by atoms with Gasteiger partial charge in [-0.2, -0.15) is 11.8 Å². The molecule has 3 N–H and O–H groups in total. The molecule has 0 heterocycles. The first-order chi connectivity index (χ1) is 6.35. The Morgan fingerprint density at radius 3 is 2.36 bits per heavy atom. The Bertz CT molecular complexity index is 213. The highest BCUT2D eigenvalue weighted by atomic mass is 32.2. The molecule has 0 atom stereocenters. The number of hydrogen-bond donors (Lipinski definition) is 3. The summed E-state index contributed by atoms with van der Waals surface area (Å²) in [5.41, 5.74) is 5.02. The number of thiocarbonyl (C=S) groups is 1. The molecule has 0 saturated heterocycles. The van der Waals surface area contributed by atoms with Gasteiger partial charge >= 0.3 is 0 Å². The van der Waals surface area contributed by atoms with Crippen LogP contribution in [0.2, 0.25) is 0 Å². The van der Waals surface area contributed by atoms with Crippen LogP contribution < -0.4 is 16.2 Å². The summed E-state index contributed by atoms with van der Waals surface area (Å²) in [6.45, 7) is 5.97. The molecule has 0 radical (unpaired) electrons. The van der Waals surface area contributed by atoms with E-state index in [0.29, 0.717) is 10.9 Å². The van der Waals surface area contributed by atoms with Gasteiger partial charge in [-0.15, -0.1) is 0 Å². The van der Waals surface area contributed by atoms with Gasteiger partial charge in [-0.1, -0.05) is 0 Å². The molecule has 0 aromatic carbocycles. The van der Waals surface area contributed by atoms with E-state index in [4.69, 9.17) is 12.2 Å². The molecule has 0 bridgehead atoms. The van der Waals surface area contributed by atoms with E-state index in [1.54, 1.807) is 0 Å². The maximum atomic E-state index is 11.0. The molecule has 4 nitrogen and oxygen atoms in total. The summed E-state index contributed by atoms with van der Waals surface area (Å²) in [6.07, 6.45) is 1.87. The van der Waals surface area contributed by atoms with Crippen molar-refractivity contribution < 1.29 is 4.79 Å². The van der Waals surface area contributed by atoms with Gasteiger partial charge in [-0.05, 0) is 39.2 Å². The molecular weight excluding hydrogens is 218 g/mol. The van der Waals surface area contributed by atoms with E-state index in [1.807, 2.05) is 27.0 Å². The summed E-state index contributed by atoms with van der Waals surface area (Å²) >= 11 is 6.42. The smallest absolute Gasteiger partial charge is 0.248 e. The number of hydrogen-bond acceptors (Lipinski definition) is 3. The van der Waals surface area contributed by atoms with Gasteiger partial charge in [0.15, 0.2) is 5.11 Å². The van der Waals surface area contributed by atoms with Crippen LogP contribution >= 0.6 is 24.0 Å². The second-order valence-corrected chi connectivity index (χ2v) is 5.08. The molecule has 6 heteroatoms. The van der Waals surface area contributed by atoms with Crippen LogP contribution in [0.1, 0.15) is 20.8 Å². The summed E-state index contributed by atoms with van der Waals surface area (Å²) in [4.78, 5) is 11.0. The lowest BCUT2D eigenvalue weighted by Gasteiger charge is -2.22. The molecule has 0 aliphatic carbocycles. The SMILES string of the molecule is CSCC(=O)NNC(=S)NC(C)(C)C. The molecule has 0 fully saturated rings. The number of hydrazine groups is 1. The van der Waals surface area contributed by atoms with Gasteiger partial charge in [-0.25, -0.2) is 0 Å². The van der Waals surface area contributed by atoms with Crippen molar-refractivity contribution in [3.05, 3.63) is 0 Å². The number of thioether (sulfide) groups is 1. The summed E-state index contributed by atoms with van der Waals surface area (Å²) < 4.78 is 0. The summed E-state index contributed by atoms with van der Waals surface area (Å²) in [6, 6.07) is 0. The van der Waals surface area contributed by atoms with E-state index in [-0.39, 0.29) is 11.4 Å². The highest BCUT2D eigenvalue weighted by Crippen LogP contribution is 1.97. The van der Waals surface area contributed by atoms with Crippen LogP contribution in [0.3, 0.4) is 0 Å². The summed E-state index contributed by atoms with van der Waals surface area (Å²) in [5.74, 6) is 0.334. The standard InChI is InChI=1S/C8H17N3OS2/c1-8(2,3)9-7(13)11-10-6(12)5-14-4/h5H2,1-4H3,(H,10,12)(H2,9,11,13). The van der Waals surface area contributed by atoms with Gasteiger partial charge in [-0.3, -0.25) is 15.6 Å². The monoisotopic (exact) mass is 235 g/mol. The summed E-state index contributed by atoms with van der Waals surface area (Å²) in [5, 5.41) is 3.44. The molecule has 0 aromatic heterocycles. The second kappa shape index (κ2) is 6.08. The van der Waals surface area contributed by atoms with Crippen LogP contribution in [0, 0.1) is 0 Å². The average Bonchev–Trinajstić information content (AvgIpc) is 1.98. The number of carbonyl (C=O) groups excluding carboxylic acids is 1. The first-order valence-corrected chi connectivity index (χ1v) is 6.01. The van der Waals surface area contributed by atoms with Crippen molar-refractivity contribution in [3.63, 3.8) is 0 Å². The molecular formula is C8H17N3OS2. The largest absolute Gasteiger partial charge is 0.357 e. The Kier molecular flexibility index (Phi) is 5.87. The van der Waals surface area contributed by atoms with Crippen LogP contribution in [-0.4, -0.2) is 28.6 Å². The molecule has 0 unspecified atom stereocenters. The van der Waals surface area contributed by atoms with E-state index < -0.39 is 0 Å². The van der Waals surface area contributed by atoms with Gasteiger partial charge < -0.3 is 5.32 Å². The van der Waals surface area contributed by atoms with E-state index in [9.17, 15) is 4.79 Å². The topological polar surface area (TPSA) is 53.2 Å². The van der Waals surface area contributed by atoms with Gasteiger partial charge in [0, 0.05) is 5.54 Å². The predicted octanol–water partition coefficient (Wildman–Crippen LogP) is 0.643. The fourth-order valence-electron chi connectivity index (χ4n) is 0.665. The van der Waals surface area contributed by atoms with E-state index in [1.165, 1.54) is 11.8 Å². The zero-order chi connectivity index (χ0) is 11.2. The van der Waals surface area contributed by atoms with Crippen molar-refractivity contribution in [2.75, 3.05) is 12.0 Å². The maximum Gasteiger partial charge on any atom is 0.248 e. The van der Waals surface area contributed by atoms with Crippen molar-refractivity contribution in [2.24, 2.45) is 0 Å². The van der Waals surface area contributed by atoms with Gasteiger partial charge in [0.2, 0.25) is 5.91 Å². The zero-order valence-electron chi connectivity index (χ0n) is 8.93. The summed E-state index contributed by atoms with van der Waals surface area (Å²) in [7, 11) is 0. The molecule has 0 aliphatic heterocycles. The Labute approximate surface area is 94.6 Å². The molecule has 0 rings (SSSR count). The molecule has 82 valence electrons. The molecule has 0 spiro atoms. The Morgan fingerprint density at radius 2 is 1.93 bits per heavy atom. The molecule has 1 amide bonds. The number of nitrogens with one attached hydrogen (secondary N) is 3. The minimum Gasteiger partial charge on any atom is -0.357 e. The van der Waals surface area contributed by atoms with Crippen LogP contribution in [-0.2, 0) is 4.79 Å². The fraction of sp³-hybridized carbons (Fsp3) is 0.750. The Hall–Kier alpha value is -0.490. The minimum atomic E-state index is -0.103. The number of rotatable bonds is 2. The zero-order valence-corrected chi connectivity index (χ0v) is 10.6. The second-order valence-electron chi connectivity index (χ2n) is 3.81. The fourth-order valence-corrected chi connectivity index (χ4v) is 1.36. The van der Waals surface area contributed by atoms with Crippen LogP contribution in [0.25, 0.3) is 0 Å². The van der Waals surface area contributed by atoms with Gasteiger partial charge in [0.25, 0.3) is 0 Å². The van der Waals surface area contributed by atoms with Gasteiger partial charge in [0.1, 0.15) is 0 Å². The third-order valence-electron chi connectivity index (χ3n) is 1.08. The third-order valence-corrected chi connectivity index (χ3v) is 1.83. The van der Waals surface area contributed by atoms with Crippen molar-refractivity contribution in [1.29, 1.82) is 0 Å². The van der Waals surface area contributed by atoms with E-state index >= 15 is 0 Å². The number of carbonyl (C=O) groups is 1. The normalized spacial score (nSPS) is 10.6. The molecule has 14 heavy (non-hydrogen) atoms.